The fourth-order valence-corrected chi connectivity index (χ4v) is 4.18. The summed E-state index contributed by atoms with van der Waals surface area (Å²) in [4.78, 5) is 22.8. The van der Waals surface area contributed by atoms with Crippen molar-refractivity contribution in [2.45, 2.75) is 31.8 Å². The molecule has 2 aromatic carbocycles. The second-order valence-electron chi connectivity index (χ2n) is 7.77. The first kappa shape index (κ1) is 18.7. The molecule has 3 heterocycles. The summed E-state index contributed by atoms with van der Waals surface area (Å²) in [6.45, 7) is 1.62. The molecule has 0 bridgehead atoms. The molecule has 4 aromatic rings. The van der Waals surface area contributed by atoms with Gasteiger partial charge in [-0.15, -0.1) is 5.10 Å². The predicted octanol–water partition coefficient (Wildman–Crippen LogP) is 3.43. The van der Waals surface area contributed by atoms with Crippen molar-refractivity contribution in [3.63, 3.8) is 0 Å². The number of aromatic nitrogens is 4. The summed E-state index contributed by atoms with van der Waals surface area (Å²) in [6.07, 6.45) is 3.07. The number of H-pyrrole nitrogens is 1. The molecular formula is C23H22FN5O. The number of aromatic amines is 1. The van der Waals surface area contributed by atoms with Crippen LogP contribution in [-0.4, -0.2) is 37.1 Å². The van der Waals surface area contributed by atoms with Crippen LogP contribution in [0.4, 0.5) is 4.39 Å². The van der Waals surface area contributed by atoms with Crippen molar-refractivity contribution in [2.24, 2.45) is 0 Å². The lowest BCUT2D eigenvalue weighted by Crippen LogP contribution is -2.31. The van der Waals surface area contributed by atoms with Gasteiger partial charge >= 0.3 is 0 Å². The summed E-state index contributed by atoms with van der Waals surface area (Å²) < 4.78 is 14.5. The second-order valence-corrected chi connectivity index (χ2v) is 7.77. The van der Waals surface area contributed by atoms with E-state index in [1.54, 1.807) is 6.07 Å². The summed E-state index contributed by atoms with van der Waals surface area (Å²) in [5.41, 5.74) is 2.63. The molecule has 30 heavy (non-hydrogen) atoms. The first-order chi connectivity index (χ1) is 14.7. The lowest BCUT2D eigenvalue weighted by Gasteiger charge is -2.24. The number of fused-ring (bicyclic) bond motifs is 1. The number of hydrogen-bond donors (Lipinski definition) is 1. The highest BCUT2D eigenvalue weighted by molar-refractivity contribution is 5.56. The van der Waals surface area contributed by atoms with Crippen molar-refractivity contribution < 1.29 is 4.39 Å². The van der Waals surface area contributed by atoms with Gasteiger partial charge in [0.1, 0.15) is 5.82 Å². The van der Waals surface area contributed by atoms with Gasteiger partial charge in [0.15, 0.2) is 5.82 Å². The van der Waals surface area contributed by atoms with Gasteiger partial charge in [-0.3, -0.25) is 9.69 Å². The molecule has 6 nitrogen and oxygen atoms in total. The van der Waals surface area contributed by atoms with Crippen molar-refractivity contribution in [3.8, 4) is 11.4 Å². The summed E-state index contributed by atoms with van der Waals surface area (Å²) in [5.74, 6) is 0.762. The van der Waals surface area contributed by atoms with E-state index in [4.69, 9.17) is 0 Å². The van der Waals surface area contributed by atoms with Crippen LogP contribution < -0.4 is 5.56 Å². The van der Waals surface area contributed by atoms with E-state index >= 15 is 0 Å². The first-order valence-corrected chi connectivity index (χ1v) is 10.2. The fourth-order valence-electron chi connectivity index (χ4n) is 4.18. The Bertz CT molecular complexity index is 1220. The van der Waals surface area contributed by atoms with Crippen LogP contribution in [0.25, 0.3) is 17.2 Å². The number of benzene rings is 2. The van der Waals surface area contributed by atoms with E-state index in [0.717, 1.165) is 42.6 Å². The van der Waals surface area contributed by atoms with Gasteiger partial charge in [-0.1, -0.05) is 42.5 Å². The van der Waals surface area contributed by atoms with Gasteiger partial charge in [0.05, 0.1) is 0 Å². The van der Waals surface area contributed by atoms with E-state index in [1.165, 1.54) is 16.6 Å². The highest BCUT2D eigenvalue weighted by Gasteiger charge is 2.25. The van der Waals surface area contributed by atoms with Gasteiger partial charge < -0.3 is 4.98 Å². The molecule has 1 N–H and O–H groups in total. The van der Waals surface area contributed by atoms with E-state index < -0.39 is 0 Å². The topological polar surface area (TPSA) is 66.3 Å². The van der Waals surface area contributed by atoms with Crippen molar-refractivity contribution in [3.05, 3.63) is 88.1 Å². The summed E-state index contributed by atoms with van der Waals surface area (Å²) in [5, 5.41) is 4.35. The molecule has 1 fully saturated rings. The lowest BCUT2D eigenvalue weighted by molar-refractivity contribution is 0.241. The highest BCUT2D eigenvalue weighted by Crippen LogP contribution is 2.23. The fraction of sp³-hybridized carbons (Fsp3) is 0.261. The van der Waals surface area contributed by atoms with E-state index in [9.17, 15) is 9.18 Å². The van der Waals surface area contributed by atoms with E-state index in [2.05, 4.69) is 20.0 Å². The quantitative estimate of drug-likeness (QED) is 0.554. The molecule has 0 saturated carbocycles. The van der Waals surface area contributed by atoms with Crippen LogP contribution in [0, 0.1) is 5.82 Å². The Kier molecular flexibility index (Phi) is 4.88. The third kappa shape index (κ3) is 3.76. The highest BCUT2D eigenvalue weighted by atomic mass is 19.1. The van der Waals surface area contributed by atoms with Crippen LogP contribution in [0.5, 0.6) is 0 Å². The maximum absolute atomic E-state index is 13.2. The Balaban J connectivity index is 1.38. The second kappa shape index (κ2) is 7.84. The van der Waals surface area contributed by atoms with Crippen LogP contribution in [0.3, 0.4) is 0 Å². The number of hydrogen-bond acceptors (Lipinski definition) is 4. The Morgan fingerprint density at radius 2 is 1.90 bits per heavy atom. The molecule has 0 aliphatic carbocycles. The van der Waals surface area contributed by atoms with Gasteiger partial charge in [-0.05, 0) is 43.5 Å². The molecule has 0 amide bonds. The normalized spacial score (nSPS) is 17.0. The predicted molar refractivity (Wildman–Crippen MR) is 113 cm³/mol. The standard InChI is InChI=1S/C23H22FN5O/c24-18-10-8-16(9-11-18)13-20-7-4-12-28(20)15-19-14-21(30)29-23(25-19)26-22(27-29)17-5-2-1-3-6-17/h1-3,5-6,8-11,14,20H,4,7,12-13,15H2,(H,25,26,27). The molecule has 1 aliphatic rings. The van der Waals surface area contributed by atoms with Crippen LogP contribution >= 0.6 is 0 Å². The van der Waals surface area contributed by atoms with Crippen LogP contribution in [-0.2, 0) is 13.0 Å². The minimum Gasteiger partial charge on any atom is -0.326 e. The molecule has 152 valence electrons. The van der Waals surface area contributed by atoms with Crippen molar-refractivity contribution in [1.29, 1.82) is 0 Å². The number of nitrogens with zero attached hydrogens (tertiary/aromatic N) is 4. The van der Waals surface area contributed by atoms with Crippen molar-refractivity contribution in [2.75, 3.05) is 6.54 Å². The molecule has 7 heteroatoms. The van der Waals surface area contributed by atoms with Gasteiger partial charge in [-0.2, -0.15) is 9.50 Å². The monoisotopic (exact) mass is 403 g/mol. The Labute approximate surface area is 173 Å². The molecular weight excluding hydrogens is 381 g/mol. The Hall–Kier alpha value is -3.32. The average Bonchev–Trinajstić information content (AvgIpc) is 3.38. The van der Waals surface area contributed by atoms with Crippen LogP contribution in [0.1, 0.15) is 24.1 Å². The molecule has 0 spiro atoms. The van der Waals surface area contributed by atoms with Crippen LogP contribution in [0.15, 0.2) is 65.5 Å². The third-order valence-electron chi connectivity index (χ3n) is 5.68. The Morgan fingerprint density at radius 1 is 1.10 bits per heavy atom. The SMILES string of the molecule is O=c1cc(CN2CCCC2Cc2ccc(F)cc2)[nH]c2nc(-c3ccccc3)nn12. The largest absolute Gasteiger partial charge is 0.326 e. The maximum Gasteiger partial charge on any atom is 0.275 e. The molecule has 2 aromatic heterocycles. The van der Waals surface area contributed by atoms with Gasteiger partial charge in [0.2, 0.25) is 5.78 Å². The number of rotatable bonds is 5. The molecule has 5 rings (SSSR count). The average molecular weight is 403 g/mol. The minimum atomic E-state index is -0.212. The zero-order chi connectivity index (χ0) is 20.5. The van der Waals surface area contributed by atoms with Crippen molar-refractivity contribution >= 4 is 5.78 Å². The number of nitrogens with one attached hydrogen (secondary N) is 1. The molecule has 1 aliphatic heterocycles. The van der Waals surface area contributed by atoms with Crippen LogP contribution in [0.2, 0.25) is 0 Å². The van der Waals surface area contributed by atoms with Gasteiger partial charge in [0, 0.05) is 29.9 Å². The van der Waals surface area contributed by atoms with E-state index in [-0.39, 0.29) is 11.4 Å². The van der Waals surface area contributed by atoms with Gasteiger partial charge in [-0.25, -0.2) is 4.39 Å². The molecule has 1 unspecified atom stereocenters. The molecule has 1 atom stereocenters. The molecule has 1 saturated heterocycles. The first-order valence-electron chi connectivity index (χ1n) is 10.2. The zero-order valence-electron chi connectivity index (χ0n) is 16.5. The number of halogens is 1. The minimum absolute atomic E-state index is 0.192. The summed E-state index contributed by atoms with van der Waals surface area (Å²) >= 11 is 0. The third-order valence-corrected chi connectivity index (χ3v) is 5.68. The molecule has 0 radical (unpaired) electrons. The maximum atomic E-state index is 13.2. The van der Waals surface area contributed by atoms with Gasteiger partial charge in [0.25, 0.3) is 5.56 Å². The van der Waals surface area contributed by atoms with Crippen molar-refractivity contribution in [1.82, 2.24) is 24.5 Å². The number of likely N-dealkylation sites (tertiary alicyclic amines) is 1. The smallest absolute Gasteiger partial charge is 0.275 e. The zero-order valence-corrected chi connectivity index (χ0v) is 16.5. The van der Waals surface area contributed by atoms with E-state index in [1.807, 2.05) is 42.5 Å². The summed E-state index contributed by atoms with van der Waals surface area (Å²) in [6, 6.07) is 18.3. The van der Waals surface area contributed by atoms with E-state index in [0.29, 0.717) is 24.2 Å². The lowest BCUT2D eigenvalue weighted by atomic mass is 10.0. The summed E-state index contributed by atoms with van der Waals surface area (Å²) in [7, 11) is 0. The Morgan fingerprint density at radius 3 is 2.70 bits per heavy atom.